The summed E-state index contributed by atoms with van der Waals surface area (Å²) in [6.07, 6.45) is 1.85. The molecule has 0 radical (unpaired) electrons. The summed E-state index contributed by atoms with van der Waals surface area (Å²) in [4.78, 5) is 4.18. The molecule has 1 unspecified atom stereocenters. The molecule has 4 heteroatoms. The first-order valence-electron chi connectivity index (χ1n) is 6.56. The molecule has 1 atom stereocenters. The van der Waals surface area contributed by atoms with Crippen molar-refractivity contribution in [3.05, 3.63) is 91.9 Å². The van der Waals surface area contributed by atoms with Crippen LogP contribution in [0.3, 0.4) is 0 Å². The number of aryl methyl sites for hydroxylation is 1. The third-order valence-corrected chi connectivity index (χ3v) is 3.15. The van der Waals surface area contributed by atoms with E-state index in [0.717, 1.165) is 5.69 Å². The van der Waals surface area contributed by atoms with Crippen LogP contribution in [-0.4, -0.2) is 4.98 Å². The average Bonchev–Trinajstić information content (AvgIpc) is 2.49. The van der Waals surface area contributed by atoms with Crippen LogP contribution in [0.25, 0.3) is 11.1 Å². The van der Waals surface area contributed by atoms with E-state index >= 15 is 0 Å². The quantitative estimate of drug-likeness (QED) is 0.355. The molecule has 1 aromatic heterocycles. The number of hydrogen-bond acceptors (Lipinski definition) is 1. The van der Waals surface area contributed by atoms with Gasteiger partial charge in [0.2, 0.25) is 0 Å². The smallest absolute Gasteiger partial charge is 0.358 e. The van der Waals surface area contributed by atoms with Crippen LogP contribution >= 0.6 is 9.24 Å². The van der Waals surface area contributed by atoms with Gasteiger partial charge in [0.15, 0.2) is 0 Å². The van der Waals surface area contributed by atoms with Crippen molar-refractivity contribution in [2.24, 2.45) is 0 Å². The Kier molecular flexibility index (Phi) is 10.6. The minimum absolute atomic E-state index is 0. The van der Waals surface area contributed by atoms with Gasteiger partial charge in [0.25, 0.3) is 0 Å². The second-order valence-electron chi connectivity index (χ2n) is 4.52. The van der Waals surface area contributed by atoms with Crippen molar-refractivity contribution in [3.8, 4) is 11.1 Å². The first-order valence-corrected chi connectivity index (χ1v) is 7.13. The third-order valence-electron chi connectivity index (χ3n) is 2.79. The van der Waals surface area contributed by atoms with Crippen molar-refractivity contribution in [2.45, 2.75) is 6.92 Å². The Labute approximate surface area is 154 Å². The van der Waals surface area contributed by atoms with Crippen molar-refractivity contribution >= 4 is 14.5 Å². The van der Waals surface area contributed by atoms with E-state index in [9.17, 15) is 4.39 Å². The second kappa shape index (κ2) is 11.2. The monoisotopic (exact) mass is 495 g/mol. The molecular weight excluding hydrogens is 476 g/mol. The average molecular weight is 495 g/mol. The van der Waals surface area contributed by atoms with Gasteiger partial charge in [-0.25, -0.2) is 4.39 Å². The molecule has 3 rings (SSSR count). The Morgan fingerprint density at radius 3 is 2.26 bits per heavy atom. The Morgan fingerprint density at radius 1 is 1.00 bits per heavy atom. The summed E-state index contributed by atoms with van der Waals surface area (Å²) >= 11 is 0. The van der Waals surface area contributed by atoms with E-state index in [0.29, 0.717) is 0 Å². The van der Waals surface area contributed by atoms with E-state index in [4.69, 9.17) is 0 Å². The Bertz CT molecular complexity index is 661. The fourth-order valence-electron chi connectivity index (χ4n) is 1.81. The van der Waals surface area contributed by atoms with Gasteiger partial charge >= 0.3 is 21.1 Å². The molecule has 118 valence electrons. The number of hydrogen-bond donors (Lipinski definition) is 0. The van der Waals surface area contributed by atoms with Crippen LogP contribution in [0.2, 0.25) is 0 Å². The van der Waals surface area contributed by atoms with Crippen LogP contribution in [-0.2, 0) is 21.1 Å². The van der Waals surface area contributed by atoms with Crippen molar-refractivity contribution < 1.29 is 25.5 Å². The summed E-state index contributed by atoms with van der Waals surface area (Å²) < 4.78 is 11.9. The van der Waals surface area contributed by atoms with Crippen LogP contribution in [0.4, 0.5) is 4.39 Å². The second-order valence-corrected chi connectivity index (χ2v) is 5.19. The SMILES string of the molecule is Cc1cc(-c2cccc(P)c2)ccn1.Fc1[c-]cccc1.[CH3-].[W+2]. The van der Waals surface area contributed by atoms with Gasteiger partial charge in [0, 0.05) is 17.7 Å². The molecule has 0 spiro atoms. The Morgan fingerprint density at radius 2 is 1.74 bits per heavy atom. The molecule has 1 heterocycles. The fraction of sp³-hybridized carbons (Fsp3) is 0.0526. The van der Waals surface area contributed by atoms with E-state index in [1.165, 1.54) is 28.6 Å². The van der Waals surface area contributed by atoms with Gasteiger partial charge in [-0.2, -0.15) is 18.2 Å². The van der Waals surface area contributed by atoms with Crippen LogP contribution in [0.5, 0.6) is 0 Å². The molecule has 0 saturated carbocycles. The molecule has 23 heavy (non-hydrogen) atoms. The van der Waals surface area contributed by atoms with Crippen molar-refractivity contribution in [2.75, 3.05) is 0 Å². The van der Waals surface area contributed by atoms with Crippen molar-refractivity contribution in [3.63, 3.8) is 0 Å². The minimum Gasteiger partial charge on any atom is -0.358 e. The first-order chi connectivity index (χ1) is 10.1. The topological polar surface area (TPSA) is 12.9 Å². The van der Waals surface area contributed by atoms with Crippen LogP contribution in [0.1, 0.15) is 5.69 Å². The van der Waals surface area contributed by atoms with Gasteiger partial charge < -0.3 is 7.43 Å². The zero-order valence-corrected chi connectivity index (χ0v) is 17.2. The molecule has 0 aliphatic rings. The number of pyridine rings is 1. The van der Waals surface area contributed by atoms with Gasteiger partial charge in [-0.1, -0.05) is 18.2 Å². The normalized spacial score (nSPS) is 8.83. The first kappa shape index (κ1) is 21.6. The molecule has 1 nitrogen and oxygen atoms in total. The molecular formula is C19H19FNPW. The standard InChI is InChI=1S/C12H12NP.C6H4F.CH3.W/c1-9-7-11(5-6-13-9)10-3-2-4-12(14)8-10;7-6-4-2-1-3-5-6;;/h2-8H,14H2,1H3;1-4H;1H3;/q;2*-1;+2. The number of aromatic nitrogens is 1. The summed E-state index contributed by atoms with van der Waals surface area (Å²) in [6.45, 7) is 2.01. The molecule has 0 aliphatic carbocycles. The molecule has 0 saturated heterocycles. The van der Waals surface area contributed by atoms with E-state index in [2.05, 4.69) is 50.6 Å². The van der Waals surface area contributed by atoms with Crippen LogP contribution in [0, 0.1) is 26.2 Å². The van der Waals surface area contributed by atoms with Crippen LogP contribution < -0.4 is 5.30 Å². The van der Waals surface area contributed by atoms with Gasteiger partial charge in [0.05, 0.1) is 0 Å². The largest absolute Gasteiger partial charge is 2.00 e. The molecule has 3 aromatic rings. The predicted molar refractivity (Wildman–Crippen MR) is 95.4 cm³/mol. The zero-order chi connectivity index (χ0) is 15.1. The Balaban J connectivity index is 0.000000463. The number of halogens is 1. The zero-order valence-electron chi connectivity index (χ0n) is 13.2. The minimum atomic E-state index is -0.303. The predicted octanol–water partition coefficient (Wildman–Crippen LogP) is 4.63. The maximum atomic E-state index is 11.9. The molecule has 2 aromatic carbocycles. The van der Waals surface area contributed by atoms with Crippen molar-refractivity contribution in [1.82, 2.24) is 4.98 Å². The molecule has 0 aliphatic heterocycles. The van der Waals surface area contributed by atoms with Gasteiger partial charge in [0.1, 0.15) is 0 Å². The molecule has 0 amide bonds. The van der Waals surface area contributed by atoms with Gasteiger partial charge in [-0.05, 0) is 41.6 Å². The summed E-state index contributed by atoms with van der Waals surface area (Å²) in [5.41, 5.74) is 3.52. The Hall–Kier alpha value is -1.36. The van der Waals surface area contributed by atoms with E-state index in [-0.39, 0.29) is 34.3 Å². The maximum absolute atomic E-state index is 11.9. The number of benzene rings is 2. The van der Waals surface area contributed by atoms with Crippen LogP contribution in [0.15, 0.2) is 66.9 Å². The van der Waals surface area contributed by atoms with Gasteiger partial charge in [-0.3, -0.25) is 4.98 Å². The van der Waals surface area contributed by atoms with E-state index in [1.54, 1.807) is 12.1 Å². The number of nitrogens with zero attached hydrogens (tertiary/aromatic N) is 1. The van der Waals surface area contributed by atoms with Crippen molar-refractivity contribution in [1.29, 1.82) is 0 Å². The summed E-state index contributed by atoms with van der Waals surface area (Å²) in [7, 11) is 2.71. The summed E-state index contributed by atoms with van der Waals surface area (Å²) in [5, 5.41) is 1.21. The van der Waals surface area contributed by atoms with Gasteiger partial charge in [-0.15, -0.1) is 21.4 Å². The van der Waals surface area contributed by atoms with E-state index < -0.39 is 0 Å². The summed E-state index contributed by atoms with van der Waals surface area (Å²) in [5.74, 6) is -0.303. The number of rotatable bonds is 1. The molecule has 0 fully saturated rings. The maximum Gasteiger partial charge on any atom is 2.00 e. The molecule has 0 N–H and O–H groups in total. The summed E-state index contributed by atoms with van der Waals surface area (Å²) in [6, 6.07) is 21.1. The third kappa shape index (κ3) is 7.64. The van der Waals surface area contributed by atoms with E-state index in [1.807, 2.05) is 19.2 Å². The molecule has 0 bridgehead atoms. The fourth-order valence-corrected chi connectivity index (χ4v) is 2.11.